The first-order chi connectivity index (χ1) is 9.54. The SMILES string of the molecule is Cc1cccc([C@@H]2CC(=O)Nc3nc(N)nc(N)c32)c1. The second-order valence-electron chi connectivity index (χ2n) is 4.95. The number of nitrogens with one attached hydrogen (secondary N) is 1. The van der Waals surface area contributed by atoms with Crippen molar-refractivity contribution in [2.45, 2.75) is 19.3 Å². The van der Waals surface area contributed by atoms with Gasteiger partial charge in [-0.1, -0.05) is 29.8 Å². The van der Waals surface area contributed by atoms with Crippen LogP contribution in [-0.2, 0) is 4.79 Å². The second-order valence-corrected chi connectivity index (χ2v) is 4.95. The molecule has 0 bridgehead atoms. The van der Waals surface area contributed by atoms with Crippen molar-refractivity contribution in [3.8, 4) is 0 Å². The molecule has 1 atom stereocenters. The molecule has 1 amide bonds. The highest BCUT2D eigenvalue weighted by Crippen LogP contribution is 2.39. The average molecular weight is 269 g/mol. The normalized spacial score (nSPS) is 17.4. The highest BCUT2D eigenvalue weighted by Gasteiger charge is 2.30. The van der Waals surface area contributed by atoms with Gasteiger partial charge in [0.2, 0.25) is 11.9 Å². The molecular weight excluding hydrogens is 254 g/mol. The minimum absolute atomic E-state index is 0.0615. The lowest BCUT2D eigenvalue weighted by Gasteiger charge is -2.26. The zero-order valence-corrected chi connectivity index (χ0v) is 11.1. The molecule has 0 unspecified atom stereocenters. The fraction of sp³-hybridized carbons (Fsp3) is 0.214. The number of hydrogen-bond acceptors (Lipinski definition) is 5. The summed E-state index contributed by atoms with van der Waals surface area (Å²) in [7, 11) is 0. The molecule has 6 heteroatoms. The molecule has 1 aliphatic rings. The van der Waals surface area contributed by atoms with Gasteiger partial charge in [-0.15, -0.1) is 0 Å². The van der Waals surface area contributed by atoms with Gasteiger partial charge in [-0.3, -0.25) is 4.79 Å². The quantitative estimate of drug-likeness (QED) is 0.725. The van der Waals surface area contributed by atoms with Crippen LogP contribution in [0.3, 0.4) is 0 Å². The molecule has 2 heterocycles. The summed E-state index contributed by atoms with van der Waals surface area (Å²) in [5.41, 5.74) is 14.5. The smallest absolute Gasteiger partial charge is 0.226 e. The lowest BCUT2D eigenvalue weighted by atomic mass is 9.86. The number of fused-ring (bicyclic) bond motifs is 1. The summed E-state index contributed by atoms with van der Waals surface area (Å²) in [6.45, 7) is 2.01. The molecule has 6 nitrogen and oxygen atoms in total. The van der Waals surface area contributed by atoms with E-state index in [2.05, 4.69) is 15.3 Å². The molecule has 0 radical (unpaired) electrons. The number of nitrogen functional groups attached to an aromatic ring is 2. The number of hydrogen-bond donors (Lipinski definition) is 3. The van der Waals surface area contributed by atoms with Gasteiger partial charge < -0.3 is 16.8 Å². The summed E-state index contributed by atoms with van der Waals surface area (Å²) in [6, 6.07) is 8.00. The summed E-state index contributed by atoms with van der Waals surface area (Å²) in [5, 5.41) is 2.71. The van der Waals surface area contributed by atoms with Crippen LogP contribution < -0.4 is 16.8 Å². The topological polar surface area (TPSA) is 107 Å². The van der Waals surface area contributed by atoms with E-state index >= 15 is 0 Å². The number of rotatable bonds is 1. The number of amides is 1. The molecule has 1 aliphatic heterocycles. The highest BCUT2D eigenvalue weighted by molar-refractivity contribution is 5.95. The van der Waals surface area contributed by atoms with Gasteiger partial charge in [-0.05, 0) is 12.5 Å². The van der Waals surface area contributed by atoms with E-state index in [1.165, 1.54) is 0 Å². The van der Waals surface area contributed by atoms with E-state index in [1.807, 2.05) is 31.2 Å². The average Bonchev–Trinajstić information content (AvgIpc) is 2.36. The Balaban J connectivity index is 2.17. The van der Waals surface area contributed by atoms with E-state index in [4.69, 9.17) is 11.5 Å². The molecule has 20 heavy (non-hydrogen) atoms. The van der Waals surface area contributed by atoms with Gasteiger partial charge in [0.05, 0.1) is 0 Å². The number of anilines is 3. The van der Waals surface area contributed by atoms with Gasteiger partial charge in [-0.25, -0.2) is 0 Å². The van der Waals surface area contributed by atoms with Gasteiger partial charge in [0.15, 0.2) is 0 Å². The van der Waals surface area contributed by atoms with Gasteiger partial charge >= 0.3 is 0 Å². The second kappa shape index (κ2) is 4.48. The van der Waals surface area contributed by atoms with Crippen molar-refractivity contribution in [1.29, 1.82) is 0 Å². The van der Waals surface area contributed by atoms with E-state index in [0.29, 0.717) is 18.1 Å². The largest absolute Gasteiger partial charge is 0.383 e. The summed E-state index contributed by atoms with van der Waals surface area (Å²) < 4.78 is 0. The molecule has 2 aromatic rings. The minimum Gasteiger partial charge on any atom is -0.383 e. The minimum atomic E-state index is -0.140. The summed E-state index contributed by atoms with van der Waals surface area (Å²) in [5.74, 6) is 0.559. The zero-order chi connectivity index (χ0) is 14.3. The Hall–Kier alpha value is -2.63. The number of aromatic nitrogens is 2. The van der Waals surface area contributed by atoms with Crippen LogP contribution in [0, 0.1) is 6.92 Å². The van der Waals surface area contributed by atoms with Crippen LogP contribution in [0.4, 0.5) is 17.6 Å². The predicted octanol–water partition coefficient (Wildman–Crippen LogP) is 1.42. The number of aryl methyl sites for hydroxylation is 1. The Kier molecular flexibility index (Phi) is 2.78. The van der Waals surface area contributed by atoms with Gasteiger partial charge in [0.1, 0.15) is 11.6 Å². The molecule has 0 saturated carbocycles. The van der Waals surface area contributed by atoms with Crippen molar-refractivity contribution in [1.82, 2.24) is 9.97 Å². The Morgan fingerprint density at radius 2 is 2.10 bits per heavy atom. The molecule has 102 valence electrons. The Labute approximate surface area is 116 Å². The van der Waals surface area contributed by atoms with Crippen LogP contribution in [0.2, 0.25) is 0 Å². The van der Waals surface area contributed by atoms with Crippen LogP contribution in [-0.4, -0.2) is 15.9 Å². The number of carbonyl (C=O) groups excluding carboxylic acids is 1. The maximum absolute atomic E-state index is 11.9. The molecule has 0 fully saturated rings. The first-order valence-corrected chi connectivity index (χ1v) is 6.34. The first-order valence-electron chi connectivity index (χ1n) is 6.34. The fourth-order valence-electron chi connectivity index (χ4n) is 2.59. The molecule has 1 aromatic carbocycles. The summed E-state index contributed by atoms with van der Waals surface area (Å²) >= 11 is 0. The Morgan fingerprint density at radius 3 is 2.85 bits per heavy atom. The lowest BCUT2D eigenvalue weighted by molar-refractivity contribution is -0.116. The van der Waals surface area contributed by atoms with Crippen molar-refractivity contribution < 1.29 is 4.79 Å². The van der Waals surface area contributed by atoms with Crippen LogP contribution in [0.1, 0.15) is 29.0 Å². The van der Waals surface area contributed by atoms with Crippen LogP contribution in [0.5, 0.6) is 0 Å². The van der Waals surface area contributed by atoms with Crippen LogP contribution in [0.15, 0.2) is 24.3 Å². The van der Waals surface area contributed by atoms with Gasteiger partial charge in [0, 0.05) is 17.9 Å². The standard InChI is InChI=1S/C14H15N5O/c1-7-3-2-4-8(5-7)9-6-10(20)17-13-11(9)12(15)18-14(16)19-13/h2-5,9H,6H2,1H3,(H5,15,16,17,18,19,20)/t9-/m0/s1. The number of carbonyl (C=O) groups is 1. The lowest BCUT2D eigenvalue weighted by Crippen LogP contribution is -2.26. The third kappa shape index (κ3) is 2.05. The fourth-order valence-corrected chi connectivity index (χ4v) is 2.59. The van der Waals surface area contributed by atoms with E-state index in [0.717, 1.165) is 16.7 Å². The molecular formula is C14H15N5O. The monoisotopic (exact) mass is 269 g/mol. The Bertz CT molecular complexity index is 698. The van der Waals surface area contributed by atoms with Crippen molar-refractivity contribution in [3.05, 3.63) is 41.0 Å². The molecule has 0 spiro atoms. The van der Waals surface area contributed by atoms with E-state index < -0.39 is 0 Å². The third-order valence-electron chi connectivity index (χ3n) is 3.43. The summed E-state index contributed by atoms with van der Waals surface area (Å²) in [6.07, 6.45) is 0.327. The maximum atomic E-state index is 11.9. The molecule has 0 saturated heterocycles. The molecule has 1 aromatic heterocycles. The van der Waals surface area contributed by atoms with Gasteiger partial charge in [0.25, 0.3) is 0 Å². The van der Waals surface area contributed by atoms with E-state index in [9.17, 15) is 4.79 Å². The predicted molar refractivity (Wildman–Crippen MR) is 77.1 cm³/mol. The van der Waals surface area contributed by atoms with Crippen molar-refractivity contribution in [3.63, 3.8) is 0 Å². The van der Waals surface area contributed by atoms with E-state index in [-0.39, 0.29) is 17.8 Å². The summed E-state index contributed by atoms with van der Waals surface area (Å²) in [4.78, 5) is 19.9. The highest BCUT2D eigenvalue weighted by atomic mass is 16.1. The maximum Gasteiger partial charge on any atom is 0.226 e. The van der Waals surface area contributed by atoms with Crippen molar-refractivity contribution in [2.24, 2.45) is 0 Å². The number of nitrogens with zero attached hydrogens (tertiary/aromatic N) is 2. The van der Waals surface area contributed by atoms with Crippen LogP contribution in [0.25, 0.3) is 0 Å². The number of benzene rings is 1. The zero-order valence-electron chi connectivity index (χ0n) is 11.1. The van der Waals surface area contributed by atoms with Crippen molar-refractivity contribution >= 4 is 23.5 Å². The van der Waals surface area contributed by atoms with E-state index in [1.54, 1.807) is 0 Å². The first kappa shape index (κ1) is 12.4. The number of nitrogens with two attached hydrogens (primary N) is 2. The van der Waals surface area contributed by atoms with Crippen molar-refractivity contribution in [2.75, 3.05) is 16.8 Å². The third-order valence-corrected chi connectivity index (χ3v) is 3.43. The Morgan fingerprint density at radius 1 is 1.30 bits per heavy atom. The van der Waals surface area contributed by atoms with Crippen LogP contribution >= 0.6 is 0 Å². The molecule has 3 rings (SSSR count). The molecule has 5 N–H and O–H groups in total. The van der Waals surface area contributed by atoms with Gasteiger partial charge in [-0.2, -0.15) is 9.97 Å². The molecule has 0 aliphatic carbocycles.